The number of nitrogens with zero attached hydrogens (tertiary/aromatic N) is 2. The Morgan fingerprint density at radius 1 is 1.41 bits per heavy atom. The maximum atomic E-state index is 11.4. The molecule has 1 N–H and O–H groups in total. The lowest BCUT2D eigenvalue weighted by molar-refractivity contribution is 0.129. The van der Waals surface area contributed by atoms with E-state index in [1.165, 1.54) is 19.5 Å². The van der Waals surface area contributed by atoms with Gasteiger partial charge in [-0.3, -0.25) is 4.98 Å². The third kappa shape index (κ3) is 5.14. The Bertz CT molecular complexity index is 388. The third-order valence-corrected chi connectivity index (χ3v) is 1.70. The summed E-state index contributed by atoms with van der Waals surface area (Å²) >= 11 is 0. The first-order valence-corrected chi connectivity index (χ1v) is 5.20. The molecule has 1 amide bonds. The largest absolute Gasteiger partial charge is 0.480 e. The van der Waals surface area contributed by atoms with Crippen molar-refractivity contribution in [1.82, 2.24) is 15.3 Å². The van der Waals surface area contributed by atoms with E-state index in [9.17, 15) is 4.79 Å². The average molecular weight is 239 g/mol. The highest BCUT2D eigenvalue weighted by atomic mass is 16.5. The minimum absolute atomic E-state index is 0.0616. The zero-order chi connectivity index (χ0) is 12.9. The summed E-state index contributed by atoms with van der Waals surface area (Å²) in [7, 11) is 1.50. The van der Waals surface area contributed by atoms with Crippen molar-refractivity contribution < 1.29 is 14.3 Å². The molecule has 94 valence electrons. The molecule has 0 saturated carbocycles. The van der Waals surface area contributed by atoms with Crippen molar-refractivity contribution in [2.75, 3.05) is 7.11 Å². The van der Waals surface area contributed by atoms with Gasteiger partial charge in [0.15, 0.2) is 0 Å². The van der Waals surface area contributed by atoms with E-state index in [1.54, 1.807) is 0 Å². The maximum Gasteiger partial charge on any atom is 0.407 e. The lowest BCUT2D eigenvalue weighted by Gasteiger charge is -2.19. The summed E-state index contributed by atoms with van der Waals surface area (Å²) < 4.78 is 9.91. The van der Waals surface area contributed by atoms with Gasteiger partial charge in [-0.15, -0.1) is 0 Å². The number of carbonyl (C=O) groups is 1. The number of amides is 1. The van der Waals surface area contributed by atoms with Crippen LogP contribution in [0, 0.1) is 0 Å². The number of hydrogen-bond donors (Lipinski definition) is 1. The van der Waals surface area contributed by atoms with E-state index >= 15 is 0 Å². The number of rotatable bonds is 3. The van der Waals surface area contributed by atoms with Crippen LogP contribution in [0.4, 0.5) is 4.79 Å². The quantitative estimate of drug-likeness (QED) is 0.865. The molecule has 0 saturated heterocycles. The van der Waals surface area contributed by atoms with E-state index < -0.39 is 6.09 Å². The van der Waals surface area contributed by atoms with Gasteiger partial charge in [0.05, 0.1) is 19.5 Å². The van der Waals surface area contributed by atoms with Crippen molar-refractivity contribution >= 4 is 6.09 Å². The lowest BCUT2D eigenvalue weighted by Crippen LogP contribution is -2.40. The molecular formula is C11H17N3O3. The molecule has 0 spiro atoms. The van der Waals surface area contributed by atoms with Crippen LogP contribution in [0.2, 0.25) is 0 Å². The van der Waals surface area contributed by atoms with Crippen LogP contribution in [0.1, 0.15) is 26.5 Å². The van der Waals surface area contributed by atoms with E-state index in [1.807, 2.05) is 20.8 Å². The second-order valence-corrected chi connectivity index (χ2v) is 4.50. The number of nitrogens with one attached hydrogen (secondary N) is 1. The second kappa shape index (κ2) is 5.47. The highest BCUT2D eigenvalue weighted by molar-refractivity contribution is 5.68. The molecule has 0 aliphatic carbocycles. The molecule has 0 radical (unpaired) electrons. The van der Waals surface area contributed by atoms with E-state index in [0.717, 1.165) is 0 Å². The molecule has 1 aromatic heterocycles. The standard InChI is InChI=1S/C11H17N3O3/c1-11(2,3)14-10(15)17-7-8-5-12-6-9(13-8)16-4/h5-6H,7H2,1-4H3,(H,14,15). The highest BCUT2D eigenvalue weighted by Crippen LogP contribution is 2.05. The van der Waals surface area contributed by atoms with Gasteiger partial charge in [0, 0.05) is 5.54 Å². The number of carbonyl (C=O) groups excluding carboxylic acids is 1. The predicted octanol–water partition coefficient (Wildman–Crippen LogP) is 1.51. The van der Waals surface area contributed by atoms with Crippen LogP contribution in [0.15, 0.2) is 12.4 Å². The predicted molar refractivity (Wildman–Crippen MR) is 61.7 cm³/mol. The molecule has 0 fully saturated rings. The third-order valence-electron chi connectivity index (χ3n) is 1.70. The molecule has 0 unspecified atom stereocenters. The number of hydrogen-bond acceptors (Lipinski definition) is 5. The molecule has 0 aromatic carbocycles. The zero-order valence-electron chi connectivity index (χ0n) is 10.5. The van der Waals surface area contributed by atoms with Crippen molar-refractivity contribution in [2.24, 2.45) is 0 Å². The number of aromatic nitrogens is 2. The number of ether oxygens (including phenoxy) is 2. The van der Waals surface area contributed by atoms with Gasteiger partial charge in [-0.25, -0.2) is 9.78 Å². The Morgan fingerprint density at radius 2 is 2.12 bits per heavy atom. The van der Waals surface area contributed by atoms with Crippen molar-refractivity contribution in [1.29, 1.82) is 0 Å². The second-order valence-electron chi connectivity index (χ2n) is 4.50. The Kier molecular flexibility index (Phi) is 4.25. The van der Waals surface area contributed by atoms with Crippen LogP contribution in [0.25, 0.3) is 0 Å². The maximum absolute atomic E-state index is 11.4. The molecule has 0 aliphatic heterocycles. The fourth-order valence-corrected chi connectivity index (χ4v) is 1.04. The SMILES string of the molecule is COc1cncc(COC(=O)NC(C)(C)C)n1. The van der Waals surface area contributed by atoms with Crippen molar-refractivity contribution in [3.63, 3.8) is 0 Å². The van der Waals surface area contributed by atoms with Gasteiger partial charge in [0.1, 0.15) is 12.3 Å². The van der Waals surface area contributed by atoms with E-state index in [2.05, 4.69) is 15.3 Å². The normalized spacial score (nSPS) is 10.8. The highest BCUT2D eigenvalue weighted by Gasteiger charge is 2.14. The molecule has 0 aliphatic rings. The average Bonchev–Trinajstić information content (AvgIpc) is 2.24. The van der Waals surface area contributed by atoms with Crippen molar-refractivity contribution in [3.05, 3.63) is 18.1 Å². The van der Waals surface area contributed by atoms with Gasteiger partial charge in [-0.2, -0.15) is 0 Å². The fraction of sp³-hybridized carbons (Fsp3) is 0.545. The summed E-state index contributed by atoms with van der Waals surface area (Å²) in [5.41, 5.74) is 0.213. The van der Waals surface area contributed by atoms with Crippen LogP contribution >= 0.6 is 0 Å². The minimum atomic E-state index is -0.484. The van der Waals surface area contributed by atoms with Crippen LogP contribution in [0.5, 0.6) is 5.88 Å². The molecule has 1 rings (SSSR count). The summed E-state index contributed by atoms with van der Waals surface area (Å²) in [6.07, 6.45) is 2.52. The Balaban J connectivity index is 2.47. The summed E-state index contributed by atoms with van der Waals surface area (Å²) in [5.74, 6) is 0.391. The summed E-state index contributed by atoms with van der Waals surface area (Å²) in [6, 6.07) is 0. The molecule has 1 heterocycles. The van der Waals surface area contributed by atoms with Gasteiger partial charge in [0.2, 0.25) is 5.88 Å². The van der Waals surface area contributed by atoms with E-state index in [-0.39, 0.29) is 12.1 Å². The topological polar surface area (TPSA) is 73.3 Å². The minimum Gasteiger partial charge on any atom is -0.480 e. The first-order valence-electron chi connectivity index (χ1n) is 5.20. The van der Waals surface area contributed by atoms with Crippen LogP contribution in [-0.4, -0.2) is 28.7 Å². The van der Waals surface area contributed by atoms with Crippen molar-refractivity contribution in [2.45, 2.75) is 32.9 Å². The fourth-order valence-electron chi connectivity index (χ4n) is 1.04. The van der Waals surface area contributed by atoms with Crippen LogP contribution < -0.4 is 10.1 Å². The van der Waals surface area contributed by atoms with Crippen LogP contribution in [-0.2, 0) is 11.3 Å². The van der Waals surface area contributed by atoms with E-state index in [0.29, 0.717) is 11.6 Å². The Morgan fingerprint density at radius 3 is 2.71 bits per heavy atom. The van der Waals surface area contributed by atoms with Crippen LogP contribution in [0.3, 0.4) is 0 Å². The monoisotopic (exact) mass is 239 g/mol. The number of alkyl carbamates (subject to hydrolysis) is 1. The van der Waals surface area contributed by atoms with E-state index in [4.69, 9.17) is 9.47 Å². The van der Waals surface area contributed by atoms with Gasteiger partial charge in [0.25, 0.3) is 0 Å². The van der Waals surface area contributed by atoms with Gasteiger partial charge in [-0.05, 0) is 20.8 Å². The Hall–Kier alpha value is -1.85. The molecule has 1 aromatic rings. The first kappa shape index (κ1) is 13.2. The summed E-state index contributed by atoms with van der Waals surface area (Å²) in [5, 5.41) is 2.68. The van der Waals surface area contributed by atoms with Gasteiger partial charge >= 0.3 is 6.09 Å². The van der Waals surface area contributed by atoms with Gasteiger partial charge < -0.3 is 14.8 Å². The lowest BCUT2D eigenvalue weighted by atomic mass is 10.1. The Labute approximate surface area is 100 Å². The van der Waals surface area contributed by atoms with Gasteiger partial charge in [-0.1, -0.05) is 0 Å². The first-order chi connectivity index (χ1) is 7.90. The molecule has 0 bridgehead atoms. The summed E-state index contributed by atoms with van der Waals surface area (Å²) in [6.45, 7) is 5.69. The zero-order valence-corrected chi connectivity index (χ0v) is 10.5. The smallest absolute Gasteiger partial charge is 0.407 e. The number of methoxy groups -OCH3 is 1. The molecule has 0 atom stereocenters. The molecular weight excluding hydrogens is 222 g/mol. The van der Waals surface area contributed by atoms with Crippen molar-refractivity contribution in [3.8, 4) is 5.88 Å². The molecule has 6 nitrogen and oxygen atoms in total. The molecule has 6 heteroatoms. The molecule has 17 heavy (non-hydrogen) atoms. The summed E-state index contributed by atoms with van der Waals surface area (Å²) in [4.78, 5) is 19.4.